The van der Waals surface area contributed by atoms with Crippen LogP contribution in [0, 0.1) is 0 Å². The lowest BCUT2D eigenvalue weighted by atomic mass is 10.1. The average molecular weight is 602 g/mol. The van der Waals surface area contributed by atoms with Gasteiger partial charge in [0.25, 0.3) is 17.1 Å². The molecule has 0 spiro atoms. The summed E-state index contributed by atoms with van der Waals surface area (Å²) in [7, 11) is 0. The van der Waals surface area contributed by atoms with Gasteiger partial charge >= 0.3 is 0 Å². The van der Waals surface area contributed by atoms with E-state index in [0.717, 1.165) is 17.3 Å². The van der Waals surface area contributed by atoms with E-state index in [1.54, 1.807) is 54.6 Å². The number of hydrogen-bond donors (Lipinski definition) is 1. The quantitative estimate of drug-likeness (QED) is 0.273. The molecule has 0 unspecified atom stereocenters. The molecule has 0 atom stereocenters. The van der Waals surface area contributed by atoms with Gasteiger partial charge < -0.3 is 14.8 Å². The highest BCUT2D eigenvalue weighted by Crippen LogP contribution is 2.39. The number of rotatable bonds is 9. The van der Waals surface area contributed by atoms with Crippen LogP contribution in [0.25, 0.3) is 6.08 Å². The van der Waals surface area contributed by atoms with Crippen molar-refractivity contribution in [1.82, 2.24) is 4.90 Å². The van der Waals surface area contributed by atoms with Crippen molar-refractivity contribution in [2.75, 3.05) is 18.5 Å². The van der Waals surface area contributed by atoms with E-state index in [-0.39, 0.29) is 30.2 Å². The highest BCUT2D eigenvalue weighted by molar-refractivity contribution is 9.10. The molecule has 1 aliphatic rings. The van der Waals surface area contributed by atoms with Crippen molar-refractivity contribution in [3.8, 4) is 11.5 Å². The minimum atomic E-state index is -0.378. The van der Waals surface area contributed by atoms with Crippen LogP contribution < -0.4 is 14.8 Å². The van der Waals surface area contributed by atoms with Crippen LogP contribution in [0.1, 0.15) is 18.1 Å². The fourth-order valence-corrected chi connectivity index (χ4v) is 5.03. The van der Waals surface area contributed by atoms with Crippen LogP contribution in [0.5, 0.6) is 11.5 Å². The number of halogens is 2. The van der Waals surface area contributed by atoms with Crippen molar-refractivity contribution in [2.45, 2.75) is 13.5 Å². The molecule has 7 nitrogen and oxygen atoms in total. The Hall–Kier alpha value is -3.27. The monoisotopic (exact) mass is 600 g/mol. The van der Waals surface area contributed by atoms with E-state index < -0.39 is 0 Å². The SMILES string of the molecule is CCOc1cc(/C=C2/SC(=O)N(Cc3ccc(Cl)cc3)C2=O)cc(Br)c1OCC(=O)Nc1ccccc1. The second kappa shape index (κ2) is 12.3. The highest BCUT2D eigenvalue weighted by atomic mass is 79.9. The Kier molecular flexibility index (Phi) is 8.91. The second-order valence-electron chi connectivity index (χ2n) is 7.86. The van der Waals surface area contributed by atoms with Crippen LogP contribution in [-0.2, 0) is 16.1 Å². The van der Waals surface area contributed by atoms with E-state index in [2.05, 4.69) is 21.2 Å². The van der Waals surface area contributed by atoms with E-state index in [9.17, 15) is 14.4 Å². The zero-order chi connectivity index (χ0) is 26.4. The van der Waals surface area contributed by atoms with Crippen LogP contribution in [0.2, 0.25) is 5.02 Å². The first-order valence-corrected chi connectivity index (χ1v) is 13.3. The zero-order valence-corrected chi connectivity index (χ0v) is 22.9. The van der Waals surface area contributed by atoms with Crippen LogP contribution >= 0.6 is 39.3 Å². The van der Waals surface area contributed by atoms with Gasteiger partial charge in [-0.15, -0.1) is 0 Å². The van der Waals surface area contributed by atoms with Gasteiger partial charge in [-0.1, -0.05) is 41.9 Å². The zero-order valence-electron chi connectivity index (χ0n) is 19.7. The van der Waals surface area contributed by atoms with Crippen molar-refractivity contribution in [2.24, 2.45) is 0 Å². The van der Waals surface area contributed by atoms with E-state index in [4.69, 9.17) is 21.1 Å². The summed E-state index contributed by atoms with van der Waals surface area (Å²) in [6, 6.07) is 19.5. The van der Waals surface area contributed by atoms with Gasteiger partial charge in [-0.3, -0.25) is 19.3 Å². The molecule has 1 N–H and O–H groups in total. The maximum atomic E-state index is 13.0. The summed E-state index contributed by atoms with van der Waals surface area (Å²) in [5.74, 6) is 0.0602. The molecular formula is C27H22BrClN2O5S. The maximum Gasteiger partial charge on any atom is 0.293 e. The van der Waals surface area contributed by atoms with Crippen LogP contribution in [0.15, 0.2) is 76.1 Å². The standard InChI is InChI=1S/C27H22BrClN2O5S/c1-2-35-22-13-18(12-21(28)25(22)36-16-24(32)30-20-6-4-3-5-7-20)14-23-26(33)31(27(34)37-23)15-17-8-10-19(29)11-9-17/h3-14H,2,15-16H2,1H3,(H,30,32)/b23-14+. The molecule has 0 aliphatic carbocycles. The number of carbonyl (C=O) groups is 3. The number of carbonyl (C=O) groups excluding carboxylic acids is 3. The van der Waals surface area contributed by atoms with Gasteiger partial charge in [-0.05, 0) is 88.2 Å². The van der Waals surface area contributed by atoms with Crippen molar-refractivity contribution in [3.63, 3.8) is 0 Å². The summed E-state index contributed by atoms with van der Waals surface area (Å²) in [4.78, 5) is 39.3. The van der Waals surface area contributed by atoms with Gasteiger partial charge in [0.2, 0.25) is 0 Å². The molecule has 0 radical (unpaired) electrons. The number of para-hydroxylation sites is 1. The maximum absolute atomic E-state index is 13.0. The van der Waals surface area contributed by atoms with E-state index in [1.807, 2.05) is 25.1 Å². The molecule has 1 heterocycles. The molecule has 1 aliphatic heterocycles. The molecule has 1 fully saturated rings. The predicted octanol–water partition coefficient (Wildman–Crippen LogP) is 6.76. The molecule has 0 aromatic heterocycles. The minimum absolute atomic E-state index is 0.158. The molecule has 4 rings (SSSR count). The van der Waals surface area contributed by atoms with E-state index in [1.165, 1.54) is 4.90 Å². The first kappa shape index (κ1) is 26.8. The van der Waals surface area contributed by atoms with Gasteiger partial charge in [0.15, 0.2) is 18.1 Å². The third-order valence-corrected chi connectivity index (χ3v) is 6.91. The molecule has 190 valence electrons. The summed E-state index contributed by atoms with van der Waals surface area (Å²) in [5.41, 5.74) is 2.10. The minimum Gasteiger partial charge on any atom is -0.490 e. The lowest BCUT2D eigenvalue weighted by Gasteiger charge is -2.15. The number of nitrogens with one attached hydrogen (secondary N) is 1. The lowest BCUT2D eigenvalue weighted by molar-refractivity contribution is -0.123. The Morgan fingerprint density at radius 2 is 1.81 bits per heavy atom. The Labute approximate surface area is 231 Å². The fourth-order valence-electron chi connectivity index (χ4n) is 3.49. The first-order valence-electron chi connectivity index (χ1n) is 11.3. The molecule has 10 heteroatoms. The smallest absolute Gasteiger partial charge is 0.293 e. The second-order valence-corrected chi connectivity index (χ2v) is 10.1. The highest BCUT2D eigenvalue weighted by Gasteiger charge is 2.35. The third-order valence-electron chi connectivity index (χ3n) is 5.16. The van der Waals surface area contributed by atoms with Gasteiger partial charge in [0.05, 0.1) is 22.5 Å². The third kappa shape index (κ3) is 6.94. The van der Waals surface area contributed by atoms with Crippen molar-refractivity contribution < 1.29 is 23.9 Å². The summed E-state index contributed by atoms with van der Waals surface area (Å²) < 4.78 is 12.0. The van der Waals surface area contributed by atoms with E-state index >= 15 is 0 Å². The topological polar surface area (TPSA) is 84.9 Å². The summed E-state index contributed by atoms with van der Waals surface area (Å²) in [6.45, 7) is 2.12. The number of nitrogens with zero attached hydrogens (tertiary/aromatic N) is 1. The Bertz CT molecular complexity index is 1350. The number of imide groups is 1. The Morgan fingerprint density at radius 1 is 1.08 bits per heavy atom. The number of ether oxygens (including phenoxy) is 2. The molecule has 0 bridgehead atoms. The summed E-state index contributed by atoms with van der Waals surface area (Å²) >= 11 is 10.3. The average Bonchev–Trinajstić information content (AvgIpc) is 3.13. The summed E-state index contributed by atoms with van der Waals surface area (Å²) in [5, 5.41) is 3.00. The molecule has 1 saturated heterocycles. The van der Waals surface area contributed by atoms with Gasteiger partial charge in [-0.25, -0.2) is 0 Å². The fraction of sp³-hybridized carbons (Fsp3) is 0.148. The first-order chi connectivity index (χ1) is 17.8. The van der Waals surface area contributed by atoms with Gasteiger partial charge in [-0.2, -0.15) is 0 Å². The molecule has 3 amide bonds. The van der Waals surface area contributed by atoms with Gasteiger partial charge in [0, 0.05) is 10.7 Å². The molecule has 0 saturated carbocycles. The van der Waals surface area contributed by atoms with Crippen LogP contribution in [0.3, 0.4) is 0 Å². The number of hydrogen-bond acceptors (Lipinski definition) is 6. The van der Waals surface area contributed by atoms with Crippen molar-refractivity contribution in [3.05, 3.63) is 92.3 Å². The Morgan fingerprint density at radius 3 is 2.51 bits per heavy atom. The predicted molar refractivity (Wildman–Crippen MR) is 149 cm³/mol. The number of thioether (sulfide) groups is 1. The van der Waals surface area contributed by atoms with Crippen molar-refractivity contribution >= 4 is 68.1 Å². The lowest BCUT2D eigenvalue weighted by Crippen LogP contribution is -2.27. The largest absolute Gasteiger partial charge is 0.490 e. The van der Waals surface area contributed by atoms with Crippen molar-refractivity contribution in [1.29, 1.82) is 0 Å². The number of benzene rings is 3. The van der Waals surface area contributed by atoms with Crippen LogP contribution in [0.4, 0.5) is 10.5 Å². The van der Waals surface area contributed by atoms with Crippen LogP contribution in [-0.4, -0.2) is 35.2 Å². The van der Waals surface area contributed by atoms with E-state index in [0.29, 0.717) is 43.8 Å². The molecule has 37 heavy (non-hydrogen) atoms. The Balaban J connectivity index is 1.49. The molecular weight excluding hydrogens is 580 g/mol. The van der Waals surface area contributed by atoms with Gasteiger partial charge in [0.1, 0.15) is 0 Å². The summed E-state index contributed by atoms with van der Waals surface area (Å²) in [6.07, 6.45) is 1.63. The number of anilines is 1. The molecule has 3 aromatic rings. The number of amides is 3. The normalized spacial score (nSPS) is 14.2. The molecule has 3 aromatic carbocycles.